The highest BCUT2D eigenvalue weighted by molar-refractivity contribution is 7.89. The number of hydrogen-bond donors (Lipinski definition) is 1. The average molecular weight is 432 g/mol. The molecule has 1 heterocycles. The Bertz CT molecular complexity index is 969. The van der Waals surface area contributed by atoms with Gasteiger partial charge in [0, 0.05) is 31.7 Å². The third kappa shape index (κ3) is 5.17. The van der Waals surface area contributed by atoms with Gasteiger partial charge in [0.1, 0.15) is 5.75 Å². The van der Waals surface area contributed by atoms with Crippen molar-refractivity contribution in [1.82, 2.24) is 14.5 Å². The van der Waals surface area contributed by atoms with Crippen molar-refractivity contribution in [2.75, 3.05) is 39.3 Å². The predicted molar refractivity (Wildman–Crippen MR) is 112 cm³/mol. The average Bonchev–Trinajstić information content (AvgIpc) is 2.78. The first kappa shape index (κ1) is 21.8. The standard InChI is InChI=1S/C21H25N3O5S/c1-2-29-18-8-10-19(11-9-18)30(27,28)24-14-12-23(13-15-24)20(25)16-22-21(26)17-6-4-3-5-7-17/h3-11H,2,12-16H2,1H3,(H,22,26). The van der Waals surface area contributed by atoms with Gasteiger partial charge in [0.2, 0.25) is 15.9 Å². The normalized spacial score (nSPS) is 14.9. The number of amides is 2. The van der Waals surface area contributed by atoms with Crippen LogP contribution in [0.25, 0.3) is 0 Å². The molecule has 1 N–H and O–H groups in total. The van der Waals surface area contributed by atoms with Crippen LogP contribution in [0.4, 0.5) is 0 Å². The lowest BCUT2D eigenvalue weighted by Crippen LogP contribution is -2.52. The lowest BCUT2D eigenvalue weighted by atomic mass is 10.2. The molecule has 0 unspecified atom stereocenters. The fourth-order valence-electron chi connectivity index (χ4n) is 3.16. The van der Waals surface area contributed by atoms with E-state index >= 15 is 0 Å². The summed E-state index contributed by atoms with van der Waals surface area (Å²) in [6.07, 6.45) is 0. The summed E-state index contributed by atoms with van der Waals surface area (Å²) < 4.78 is 32.4. The Morgan fingerprint density at radius 2 is 1.60 bits per heavy atom. The van der Waals surface area contributed by atoms with Crippen molar-refractivity contribution in [3.8, 4) is 5.75 Å². The SMILES string of the molecule is CCOc1ccc(S(=O)(=O)N2CCN(C(=O)CNC(=O)c3ccccc3)CC2)cc1. The van der Waals surface area contributed by atoms with Gasteiger partial charge in [0.25, 0.3) is 5.91 Å². The second kappa shape index (κ2) is 9.73. The Kier molecular flexibility index (Phi) is 7.07. The van der Waals surface area contributed by atoms with E-state index < -0.39 is 10.0 Å². The second-order valence-corrected chi connectivity index (χ2v) is 8.68. The van der Waals surface area contributed by atoms with Crippen LogP contribution in [-0.4, -0.2) is 68.8 Å². The van der Waals surface area contributed by atoms with Gasteiger partial charge >= 0.3 is 0 Å². The highest BCUT2D eigenvalue weighted by Crippen LogP contribution is 2.21. The quantitative estimate of drug-likeness (QED) is 0.714. The van der Waals surface area contributed by atoms with Gasteiger partial charge in [-0.15, -0.1) is 0 Å². The van der Waals surface area contributed by atoms with E-state index in [0.29, 0.717) is 17.9 Å². The number of carbonyl (C=O) groups excluding carboxylic acids is 2. The zero-order valence-corrected chi connectivity index (χ0v) is 17.6. The highest BCUT2D eigenvalue weighted by Gasteiger charge is 2.30. The van der Waals surface area contributed by atoms with Crippen LogP contribution in [0, 0.1) is 0 Å². The van der Waals surface area contributed by atoms with Crippen LogP contribution in [0.2, 0.25) is 0 Å². The van der Waals surface area contributed by atoms with Gasteiger partial charge in [-0.25, -0.2) is 8.42 Å². The molecule has 160 valence electrons. The summed E-state index contributed by atoms with van der Waals surface area (Å²) in [6.45, 7) is 3.19. The molecule has 0 aliphatic carbocycles. The Morgan fingerprint density at radius 3 is 2.20 bits per heavy atom. The Morgan fingerprint density at radius 1 is 0.967 bits per heavy atom. The molecule has 0 atom stereocenters. The van der Waals surface area contributed by atoms with Crippen molar-refractivity contribution in [2.24, 2.45) is 0 Å². The summed E-state index contributed by atoms with van der Waals surface area (Å²) in [5.74, 6) is 0.0578. The molecular weight excluding hydrogens is 406 g/mol. The summed E-state index contributed by atoms with van der Waals surface area (Å²) >= 11 is 0. The fourth-order valence-corrected chi connectivity index (χ4v) is 4.58. The smallest absolute Gasteiger partial charge is 0.251 e. The molecule has 1 saturated heterocycles. The summed E-state index contributed by atoms with van der Waals surface area (Å²) in [5.41, 5.74) is 0.483. The number of hydrogen-bond acceptors (Lipinski definition) is 5. The predicted octanol–water partition coefficient (Wildman–Crippen LogP) is 1.35. The van der Waals surface area contributed by atoms with Crippen LogP contribution < -0.4 is 10.1 Å². The number of piperazine rings is 1. The molecule has 1 aliphatic rings. The van der Waals surface area contributed by atoms with E-state index in [0.717, 1.165) is 0 Å². The Hall–Kier alpha value is -2.91. The molecule has 2 aromatic rings. The molecule has 0 aromatic heterocycles. The van der Waals surface area contributed by atoms with Gasteiger partial charge in [-0.1, -0.05) is 18.2 Å². The maximum absolute atomic E-state index is 12.8. The Balaban J connectivity index is 1.52. The van der Waals surface area contributed by atoms with Crippen molar-refractivity contribution in [1.29, 1.82) is 0 Å². The molecule has 2 aromatic carbocycles. The van der Waals surface area contributed by atoms with Crippen LogP contribution >= 0.6 is 0 Å². The number of ether oxygens (including phenoxy) is 1. The van der Waals surface area contributed by atoms with E-state index in [1.54, 1.807) is 41.3 Å². The van der Waals surface area contributed by atoms with Crippen molar-refractivity contribution < 1.29 is 22.7 Å². The van der Waals surface area contributed by atoms with E-state index in [2.05, 4.69) is 5.32 Å². The molecule has 0 bridgehead atoms. The van der Waals surface area contributed by atoms with E-state index in [9.17, 15) is 18.0 Å². The first-order chi connectivity index (χ1) is 14.4. The summed E-state index contributed by atoms with van der Waals surface area (Å²) in [7, 11) is -3.63. The minimum absolute atomic E-state index is 0.126. The molecule has 9 heteroatoms. The molecule has 3 rings (SSSR count). The zero-order chi connectivity index (χ0) is 21.6. The number of nitrogens with zero attached hydrogens (tertiary/aromatic N) is 2. The molecule has 8 nitrogen and oxygen atoms in total. The van der Waals surface area contributed by atoms with Crippen molar-refractivity contribution in [2.45, 2.75) is 11.8 Å². The summed E-state index contributed by atoms with van der Waals surface area (Å²) in [5, 5.41) is 2.61. The zero-order valence-electron chi connectivity index (χ0n) is 16.8. The summed E-state index contributed by atoms with van der Waals surface area (Å²) in [6, 6.07) is 15.0. The van der Waals surface area contributed by atoms with Gasteiger partial charge in [-0.3, -0.25) is 9.59 Å². The van der Waals surface area contributed by atoms with Gasteiger partial charge in [0.15, 0.2) is 0 Å². The number of nitrogens with one attached hydrogen (secondary N) is 1. The van der Waals surface area contributed by atoms with Crippen molar-refractivity contribution >= 4 is 21.8 Å². The molecule has 2 amide bonds. The van der Waals surface area contributed by atoms with Gasteiger partial charge < -0.3 is 15.0 Å². The molecule has 0 saturated carbocycles. The van der Waals surface area contributed by atoms with E-state index in [4.69, 9.17) is 4.74 Å². The Labute approximate surface area is 176 Å². The monoisotopic (exact) mass is 431 g/mol. The van der Waals surface area contributed by atoms with Crippen molar-refractivity contribution in [3.63, 3.8) is 0 Å². The number of carbonyl (C=O) groups is 2. The lowest BCUT2D eigenvalue weighted by molar-refractivity contribution is -0.131. The van der Waals surface area contributed by atoms with Gasteiger partial charge in [0.05, 0.1) is 18.0 Å². The van der Waals surface area contributed by atoms with E-state index in [-0.39, 0.29) is 49.4 Å². The molecule has 30 heavy (non-hydrogen) atoms. The van der Waals surface area contributed by atoms with Crippen molar-refractivity contribution in [3.05, 3.63) is 60.2 Å². The lowest BCUT2D eigenvalue weighted by Gasteiger charge is -2.34. The number of sulfonamides is 1. The van der Waals surface area contributed by atoms with Crippen LogP contribution in [0.3, 0.4) is 0 Å². The van der Waals surface area contributed by atoms with Crippen LogP contribution in [0.1, 0.15) is 17.3 Å². The van der Waals surface area contributed by atoms with Crippen LogP contribution in [0.5, 0.6) is 5.75 Å². The van der Waals surface area contributed by atoms with E-state index in [1.807, 2.05) is 13.0 Å². The first-order valence-corrected chi connectivity index (χ1v) is 11.2. The third-order valence-corrected chi connectivity index (χ3v) is 6.71. The molecular formula is C21H25N3O5S. The molecule has 0 radical (unpaired) electrons. The number of benzene rings is 2. The van der Waals surface area contributed by atoms with E-state index in [1.165, 1.54) is 16.4 Å². The maximum Gasteiger partial charge on any atom is 0.251 e. The third-order valence-electron chi connectivity index (χ3n) is 4.80. The summed E-state index contributed by atoms with van der Waals surface area (Å²) in [4.78, 5) is 26.2. The van der Waals surface area contributed by atoms with Gasteiger partial charge in [-0.2, -0.15) is 4.31 Å². The molecule has 1 aliphatic heterocycles. The largest absolute Gasteiger partial charge is 0.494 e. The minimum Gasteiger partial charge on any atom is -0.494 e. The highest BCUT2D eigenvalue weighted by atomic mass is 32.2. The minimum atomic E-state index is -3.63. The fraction of sp³-hybridized carbons (Fsp3) is 0.333. The van der Waals surface area contributed by atoms with Crippen LogP contribution in [0.15, 0.2) is 59.5 Å². The second-order valence-electron chi connectivity index (χ2n) is 6.74. The van der Waals surface area contributed by atoms with Crippen LogP contribution in [-0.2, 0) is 14.8 Å². The maximum atomic E-state index is 12.8. The molecule has 1 fully saturated rings. The number of rotatable bonds is 7. The topological polar surface area (TPSA) is 96.0 Å². The first-order valence-electron chi connectivity index (χ1n) is 9.76. The molecule has 0 spiro atoms. The van der Waals surface area contributed by atoms with Gasteiger partial charge in [-0.05, 0) is 43.3 Å².